The summed E-state index contributed by atoms with van der Waals surface area (Å²) >= 11 is 0. The monoisotopic (exact) mass is 274 g/mol. The molecule has 0 unspecified atom stereocenters. The van der Waals surface area contributed by atoms with E-state index in [1.807, 2.05) is 6.92 Å². The molecule has 2 aromatic carbocycles. The Morgan fingerprint density at radius 3 is 2.50 bits per heavy atom. The maximum absolute atomic E-state index is 13.0. The summed E-state index contributed by atoms with van der Waals surface area (Å²) in [5, 5.41) is 13.9. The third-order valence-electron chi connectivity index (χ3n) is 3.18. The first-order valence-electron chi connectivity index (χ1n) is 6.21. The van der Waals surface area contributed by atoms with Gasteiger partial charge >= 0.3 is 0 Å². The summed E-state index contributed by atoms with van der Waals surface area (Å²) in [4.78, 5) is 10.3. The zero-order valence-electron chi connectivity index (χ0n) is 11.3. The lowest BCUT2D eigenvalue weighted by Crippen LogP contribution is -2.02. The van der Waals surface area contributed by atoms with Crippen molar-refractivity contribution in [3.05, 3.63) is 69.0 Å². The predicted octanol–water partition coefficient (Wildman–Crippen LogP) is 3.96. The van der Waals surface area contributed by atoms with Crippen molar-refractivity contribution in [2.24, 2.45) is 0 Å². The van der Waals surface area contributed by atoms with Gasteiger partial charge in [0.1, 0.15) is 5.82 Å². The molecule has 2 rings (SSSR count). The van der Waals surface area contributed by atoms with Gasteiger partial charge in [-0.25, -0.2) is 4.39 Å². The standard InChI is InChI=1S/C15H15FN2O2/c1-10-7-13(16)4-3-12(10)9-17-14-5-6-15(18(19)20)11(2)8-14/h3-8,17H,9H2,1-2H3. The van der Waals surface area contributed by atoms with Crippen LogP contribution < -0.4 is 5.32 Å². The average Bonchev–Trinajstić information content (AvgIpc) is 2.37. The van der Waals surface area contributed by atoms with E-state index in [4.69, 9.17) is 0 Å². The van der Waals surface area contributed by atoms with E-state index in [2.05, 4.69) is 5.32 Å². The Morgan fingerprint density at radius 2 is 1.90 bits per heavy atom. The van der Waals surface area contributed by atoms with Crippen LogP contribution in [0.3, 0.4) is 0 Å². The summed E-state index contributed by atoms with van der Waals surface area (Å²) in [6.07, 6.45) is 0. The van der Waals surface area contributed by atoms with Gasteiger partial charge in [0, 0.05) is 23.9 Å². The van der Waals surface area contributed by atoms with Crippen molar-refractivity contribution in [2.75, 3.05) is 5.32 Å². The number of anilines is 1. The van der Waals surface area contributed by atoms with E-state index in [0.29, 0.717) is 12.1 Å². The quantitative estimate of drug-likeness (QED) is 0.678. The molecule has 0 aliphatic heterocycles. The highest BCUT2D eigenvalue weighted by molar-refractivity contribution is 5.53. The molecule has 0 aliphatic rings. The molecule has 104 valence electrons. The Bertz CT molecular complexity index is 656. The van der Waals surface area contributed by atoms with Gasteiger partial charge in [-0.1, -0.05) is 6.07 Å². The van der Waals surface area contributed by atoms with E-state index in [0.717, 1.165) is 16.8 Å². The summed E-state index contributed by atoms with van der Waals surface area (Å²) in [5.41, 5.74) is 3.37. The number of hydrogen-bond acceptors (Lipinski definition) is 3. The minimum Gasteiger partial charge on any atom is -0.381 e. The summed E-state index contributed by atoms with van der Waals surface area (Å²) in [6.45, 7) is 4.09. The van der Waals surface area contributed by atoms with Crippen molar-refractivity contribution in [3.8, 4) is 0 Å². The molecule has 20 heavy (non-hydrogen) atoms. The first-order chi connectivity index (χ1) is 9.47. The van der Waals surface area contributed by atoms with Crippen LogP contribution in [0.4, 0.5) is 15.8 Å². The van der Waals surface area contributed by atoms with Gasteiger partial charge in [0.2, 0.25) is 0 Å². The second-order valence-corrected chi connectivity index (χ2v) is 4.68. The van der Waals surface area contributed by atoms with Gasteiger partial charge in [-0.15, -0.1) is 0 Å². The van der Waals surface area contributed by atoms with Gasteiger partial charge in [0.15, 0.2) is 0 Å². The molecule has 5 heteroatoms. The van der Waals surface area contributed by atoms with Crippen molar-refractivity contribution >= 4 is 11.4 Å². The lowest BCUT2D eigenvalue weighted by Gasteiger charge is -2.10. The van der Waals surface area contributed by atoms with Crippen LogP contribution in [0.5, 0.6) is 0 Å². The van der Waals surface area contributed by atoms with Crippen molar-refractivity contribution in [2.45, 2.75) is 20.4 Å². The number of nitro benzene ring substituents is 1. The van der Waals surface area contributed by atoms with E-state index in [1.54, 1.807) is 25.1 Å². The van der Waals surface area contributed by atoms with Gasteiger partial charge in [-0.2, -0.15) is 0 Å². The Balaban J connectivity index is 2.11. The number of benzene rings is 2. The van der Waals surface area contributed by atoms with Crippen LogP contribution in [-0.4, -0.2) is 4.92 Å². The number of nitro groups is 1. The normalized spacial score (nSPS) is 10.3. The highest BCUT2D eigenvalue weighted by Gasteiger charge is 2.10. The van der Waals surface area contributed by atoms with Crippen molar-refractivity contribution < 1.29 is 9.31 Å². The molecule has 0 radical (unpaired) electrons. The zero-order valence-corrected chi connectivity index (χ0v) is 11.3. The second kappa shape index (κ2) is 5.69. The van der Waals surface area contributed by atoms with E-state index < -0.39 is 4.92 Å². The Labute approximate surface area is 116 Å². The minimum absolute atomic E-state index is 0.105. The smallest absolute Gasteiger partial charge is 0.272 e. The van der Waals surface area contributed by atoms with E-state index >= 15 is 0 Å². The predicted molar refractivity (Wildman–Crippen MR) is 76.3 cm³/mol. The summed E-state index contributed by atoms with van der Waals surface area (Å²) in [7, 11) is 0. The van der Waals surface area contributed by atoms with Gasteiger partial charge in [-0.3, -0.25) is 10.1 Å². The van der Waals surface area contributed by atoms with Crippen LogP contribution in [0.1, 0.15) is 16.7 Å². The second-order valence-electron chi connectivity index (χ2n) is 4.68. The molecular weight excluding hydrogens is 259 g/mol. The molecule has 0 saturated heterocycles. The van der Waals surface area contributed by atoms with Crippen LogP contribution in [-0.2, 0) is 6.54 Å². The average molecular weight is 274 g/mol. The van der Waals surface area contributed by atoms with Crippen LogP contribution in [0.2, 0.25) is 0 Å². The van der Waals surface area contributed by atoms with E-state index in [9.17, 15) is 14.5 Å². The maximum atomic E-state index is 13.0. The molecule has 1 N–H and O–H groups in total. The van der Waals surface area contributed by atoms with Gasteiger partial charge in [-0.05, 0) is 49.2 Å². The summed E-state index contributed by atoms with van der Waals surface area (Å²) in [6, 6.07) is 9.52. The molecule has 0 bridgehead atoms. The number of nitrogens with one attached hydrogen (secondary N) is 1. The first kappa shape index (κ1) is 14.0. The molecule has 2 aromatic rings. The van der Waals surface area contributed by atoms with E-state index in [-0.39, 0.29) is 11.5 Å². The zero-order chi connectivity index (χ0) is 14.7. The number of halogens is 1. The van der Waals surface area contributed by atoms with Crippen molar-refractivity contribution in [1.82, 2.24) is 0 Å². The molecule has 0 amide bonds. The maximum Gasteiger partial charge on any atom is 0.272 e. The number of rotatable bonds is 4. The summed E-state index contributed by atoms with van der Waals surface area (Å²) in [5.74, 6) is -0.252. The Kier molecular flexibility index (Phi) is 3.98. The van der Waals surface area contributed by atoms with Gasteiger partial charge in [0.05, 0.1) is 4.92 Å². The van der Waals surface area contributed by atoms with Gasteiger partial charge < -0.3 is 5.32 Å². The topological polar surface area (TPSA) is 55.2 Å². The Morgan fingerprint density at radius 1 is 1.15 bits per heavy atom. The minimum atomic E-state index is -0.400. The van der Waals surface area contributed by atoms with Crippen LogP contribution in [0, 0.1) is 29.8 Å². The molecule has 0 saturated carbocycles. The molecule has 0 spiro atoms. The number of aryl methyl sites for hydroxylation is 2. The highest BCUT2D eigenvalue weighted by atomic mass is 19.1. The molecule has 0 fully saturated rings. The molecule has 4 nitrogen and oxygen atoms in total. The van der Waals surface area contributed by atoms with Crippen molar-refractivity contribution in [3.63, 3.8) is 0 Å². The van der Waals surface area contributed by atoms with Crippen LogP contribution >= 0.6 is 0 Å². The van der Waals surface area contributed by atoms with Gasteiger partial charge in [0.25, 0.3) is 5.69 Å². The molecule has 0 aliphatic carbocycles. The third kappa shape index (κ3) is 3.12. The largest absolute Gasteiger partial charge is 0.381 e. The van der Waals surface area contributed by atoms with Crippen molar-refractivity contribution in [1.29, 1.82) is 0 Å². The van der Waals surface area contributed by atoms with E-state index in [1.165, 1.54) is 18.2 Å². The SMILES string of the molecule is Cc1cc(F)ccc1CNc1ccc([N+](=O)[O-])c(C)c1. The Hall–Kier alpha value is -2.43. The fourth-order valence-corrected chi connectivity index (χ4v) is 2.03. The fraction of sp³-hybridized carbons (Fsp3) is 0.200. The third-order valence-corrected chi connectivity index (χ3v) is 3.18. The van der Waals surface area contributed by atoms with Crippen LogP contribution in [0.25, 0.3) is 0 Å². The molecule has 0 atom stereocenters. The fourth-order valence-electron chi connectivity index (χ4n) is 2.03. The number of nitrogens with zero attached hydrogens (tertiary/aromatic N) is 1. The molecule has 0 heterocycles. The highest BCUT2D eigenvalue weighted by Crippen LogP contribution is 2.22. The molecule has 0 aromatic heterocycles. The summed E-state index contributed by atoms with van der Waals surface area (Å²) < 4.78 is 13.0. The lowest BCUT2D eigenvalue weighted by molar-refractivity contribution is -0.385. The number of hydrogen-bond donors (Lipinski definition) is 1. The van der Waals surface area contributed by atoms with Crippen LogP contribution in [0.15, 0.2) is 36.4 Å². The first-order valence-corrected chi connectivity index (χ1v) is 6.21. The molecular formula is C15H15FN2O2. The lowest BCUT2D eigenvalue weighted by atomic mass is 10.1.